The minimum atomic E-state index is -0.289. The number of furan rings is 1. The molecule has 0 aliphatic carbocycles. The van der Waals surface area contributed by atoms with Gasteiger partial charge in [0.15, 0.2) is 21.9 Å². The number of carbonyl (C=O) groups excluding carboxylic acids is 1. The van der Waals surface area contributed by atoms with E-state index in [2.05, 4.69) is 22.0 Å². The molecule has 0 fully saturated rings. The molecule has 4 rings (SSSR count). The Morgan fingerprint density at radius 1 is 1.10 bits per heavy atom. The zero-order valence-electron chi connectivity index (χ0n) is 16.9. The molecule has 3 aromatic rings. The first-order valence-corrected chi connectivity index (χ1v) is 10.2. The molecule has 30 heavy (non-hydrogen) atoms. The number of aryl methyl sites for hydroxylation is 1. The van der Waals surface area contributed by atoms with E-state index < -0.39 is 0 Å². The standard InChI is InChI=1S/C23H21BrN2O4/c1-14-5-4-6-16(11-14)18-13-17(15-7-8-19(28-2)21(12-15)29-3)25-26(18)23(27)20-9-10-22(24)30-20/h4-12,18H,13H2,1-3H3/t18-/m0/s1. The molecule has 7 heteroatoms. The number of carbonyl (C=O) groups is 1. The second-order valence-electron chi connectivity index (χ2n) is 7.00. The van der Waals surface area contributed by atoms with Gasteiger partial charge in [0, 0.05) is 12.0 Å². The van der Waals surface area contributed by atoms with E-state index in [1.165, 1.54) is 5.01 Å². The fourth-order valence-corrected chi connectivity index (χ4v) is 3.87. The van der Waals surface area contributed by atoms with Crippen LogP contribution in [0.4, 0.5) is 0 Å². The summed E-state index contributed by atoms with van der Waals surface area (Å²) >= 11 is 3.26. The number of amides is 1. The Bertz CT molecular complexity index is 1120. The third-order valence-corrected chi connectivity index (χ3v) is 5.47. The molecule has 0 radical (unpaired) electrons. The van der Waals surface area contributed by atoms with Crippen LogP contribution in [0.25, 0.3) is 0 Å². The van der Waals surface area contributed by atoms with Gasteiger partial charge >= 0.3 is 5.91 Å². The average molecular weight is 469 g/mol. The average Bonchev–Trinajstić information content (AvgIpc) is 3.39. The van der Waals surface area contributed by atoms with Gasteiger partial charge in [0.05, 0.1) is 26.0 Å². The molecule has 1 atom stereocenters. The first-order valence-electron chi connectivity index (χ1n) is 9.45. The summed E-state index contributed by atoms with van der Waals surface area (Å²) in [4.78, 5) is 13.2. The summed E-state index contributed by atoms with van der Waals surface area (Å²) in [6, 6.07) is 16.9. The van der Waals surface area contributed by atoms with Crippen LogP contribution >= 0.6 is 15.9 Å². The third kappa shape index (κ3) is 3.85. The fraction of sp³-hybridized carbons (Fsp3) is 0.217. The Morgan fingerprint density at radius 3 is 2.57 bits per heavy atom. The lowest BCUT2D eigenvalue weighted by Crippen LogP contribution is -2.26. The number of hydrazone groups is 1. The van der Waals surface area contributed by atoms with Crippen molar-refractivity contribution in [2.24, 2.45) is 5.10 Å². The number of halogens is 1. The molecular formula is C23H21BrN2O4. The van der Waals surface area contributed by atoms with E-state index in [4.69, 9.17) is 19.0 Å². The first kappa shape index (κ1) is 20.2. The topological polar surface area (TPSA) is 64.3 Å². The largest absolute Gasteiger partial charge is 0.493 e. The number of ether oxygens (including phenoxy) is 2. The van der Waals surface area contributed by atoms with Gasteiger partial charge in [0.1, 0.15) is 0 Å². The van der Waals surface area contributed by atoms with Crippen LogP contribution in [0.15, 0.2) is 68.8 Å². The highest BCUT2D eigenvalue weighted by Gasteiger charge is 2.35. The Balaban J connectivity index is 1.74. The van der Waals surface area contributed by atoms with Crippen molar-refractivity contribution in [1.29, 1.82) is 0 Å². The molecular weight excluding hydrogens is 448 g/mol. The maximum atomic E-state index is 13.2. The van der Waals surface area contributed by atoms with Crippen molar-refractivity contribution in [2.45, 2.75) is 19.4 Å². The smallest absolute Gasteiger partial charge is 0.310 e. The van der Waals surface area contributed by atoms with E-state index in [0.29, 0.717) is 22.6 Å². The summed E-state index contributed by atoms with van der Waals surface area (Å²) in [7, 11) is 3.19. The maximum Gasteiger partial charge on any atom is 0.310 e. The van der Waals surface area contributed by atoms with Crippen LogP contribution in [0.2, 0.25) is 0 Å². The summed E-state index contributed by atoms with van der Waals surface area (Å²) in [5.74, 6) is 1.20. The maximum absolute atomic E-state index is 13.2. The van der Waals surface area contributed by atoms with Crippen molar-refractivity contribution in [3.63, 3.8) is 0 Å². The van der Waals surface area contributed by atoms with E-state index in [1.54, 1.807) is 26.4 Å². The number of rotatable bonds is 5. The first-order chi connectivity index (χ1) is 14.5. The molecule has 1 aliphatic heterocycles. The number of nitrogens with zero attached hydrogens (tertiary/aromatic N) is 2. The van der Waals surface area contributed by atoms with Gasteiger partial charge in [-0.3, -0.25) is 4.79 Å². The molecule has 1 aliphatic rings. The van der Waals surface area contributed by atoms with E-state index in [0.717, 1.165) is 22.4 Å². The van der Waals surface area contributed by atoms with Crippen LogP contribution in [-0.4, -0.2) is 30.8 Å². The number of benzene rings is 2. The van der Waals surface area contributed by atoms with Crippen LogP contribution in [0.5, 0.6) is 11.5 Å². The SMILES string of the molecule is COc1ccc(C2=NN(C(=O)c3ccc(Br)o3)[C@H](c3cccc(C)c3)C2)cc1OC. The van der Waals surface area contributed by atoms with Gasteiger partial charge in [0.2, 0.25) is 0 Å². The number of hydrogen-bond acceptors (Lipinski definition) is 5. The lowest BCUT2D eigenvalue weighted by atomic mass is 9.97. The third-order valence-electron chi connectivity index (χ3n) is 5.05. The van der Waals surface area contributed by atoms with E-state index >= 15 is 0 Å². The highest BCUT2D eigenvalue weighted by atomic mass is 79.9. The van der Waals surface area contributed by atoms with Crippen LogP contribution < -0.4 is 9.47 Å². The minimum absolute atomic E-state index is 0.232. The highest BCUT2D eigenvalue weighted by Crippen LogP contribution is 2.36. The Labute approximate surface area is 183 Å². The zero-order chi connectivity index (χ0) is 21.3. The second-order valence-corrected chi connectivity index (χ2v) is 7.79. The summed E-state index contributed by atoms with van der Waals surface area (Å²) in [6.45, 7) is 2.03. The quantitative estimate of drug-likeness (QED) is 0.505. The summed E-state index contributed by atoms with van der Waals surface area (Å²) < 4.78 is 16.8. The highest BCUT2D eigenvalue weighted by molar-refractivity contribution is 9.10. The fourth-order valence-electron chi connectivity index (χ4n) is 3.57. The van der Waals surface area contributed by atoms with Crippen molar-refractivity contribution in [3.05, 3.63) is 81.7 Å². The summed E-state index contributed by atoms with van der Waals surface area (Å²) in [5.41, 5.74) is 3.82. The van der Waals surface area contributed by atoms with Crippen LogP contribution in [0.3, 0.4) is 0 Å². The lowest BCUT2D eigenvalue weighted by molar-refractivity contribution is 0.0677. The van der Waals surface area contributed by atoms with Crippen molar-refractivity contribution < 1.29 is 18.7 Å². The molecule has 2 aromatic carbocycles. The molecule has 0 unspecified atom stereocenters. The van der Waals surface area contributed by atoms with Crippen LogP contribution in [0.1, 0.15) is 39.7 Å². The molecule has 0 saturated heterocycles. The molecule has 0 N–H and O–H groups in total. The molecule has 6 nitrogen and oxygen atoms in total. The molecule has 1 amide bonds. The Kier molecular flexibility index (Phi) is 5.63. The zero-order valence-corrected chi connectivity index (χ0v) is 18.5. The predicted molar refractivity (Wildman–Crippen MR) is 117 cm³/mol. The summed E-state index contributed by atoms with van der Waals surface area (Å²) in [6.07, 6.45) is 0.576. The van der Waals surface area contributed by atoms with Gasteiger partial charge in [-0.25, -0.2) is 5.01 Å². The van der Waals surface area contributed by atoms with Gasteiger partial charge in [-0.15, -0.1) is 0 Å². The monoisotopic (exact) mass is 468 g/mol. The minimum Gasteiger partial charge on any atom is -0.493 e. The number of hydrogen-bond donors (Lipinski definition) is 0. The van der Waals surface area contributed by atoms with Gasteiger partial charge < -0.3 is 13.9 Å². The Hall–Kier alpha value is -3.06. The molecule has 0 bridgehead atoms. The van der Waals surface area contributed by atoms with Crippen molar-refractivity contribution in [3.8, 4) is 11.5 Å². The molecule has 0 spiro atoms. The normalized spacial score (nSPS) is 15.8. The number of methoxy groups -OCH3 is 2. The van der Waals surface area contributed by atoms with E-state index in [1.807, 2.05) is 43.3 Å². The van der Waals surface area contributed by atoms with Crippen molar-refractivity contribution in [1.82, 2.24) is 5.01 Å². The van der Waals surface area contributed by atoms with Crippen molar-refractivity contribution >= 4 is 27.5 Å². The van der Waals surface area contributed by atoms with Gasteiger partial charge in [-0.1, -0.05) is 29.8 Å². The van der Waals surface area contributed by atoms with E-state index in [-0.39, 0.29) is 17.7 Å². The molecule has 0 saturated carbocycles. The molecule has 154 valence electrons. The predicted octanol–water partition coefficient (Wildman–Crippen LogP) is 5.36. The lowest BCUT2D eigenvalue weighted by Gasteiger charge is -2.21. The summed E-state index contributed by atoms with van der Waals surface area (Å²) in [5, 5.41) is 6.20. The van der Waals surface area contributed by atoms with Gasteiger partial charge in [0.25, 0.3) is 0 Å². The van der Waals surface area contributed by atoms with Crippen LogP contribution in [-0.2, 0) is 0 Å². The van der Waals surface area contributed by atoms with E-state index in [9.17, 15) is 4.79 Å². The second kappa shape index (κ2) is 8.36. The van der Waals surface area contributed by atoms with Crippen LogP contribution in [0, 0.1) is 6.92 Å². The van der Waals surface area contributed by atoms with Crippen molar-refractivity contribution in [2.75, 3.05) is 14.2 Å². The molecule has 1 aromatic heterocycles. The molecule has 2 heterocycles. The van der Waals surface area contributed by atoms with Gasteiger partial charge in [-0.05, 0) is 58.7 Å². The van der Waals surface area contributed by atoms with Gasteiger partial charge in [-0.2, -0.15) is 5.10 Å². The Morgan fingerprint density at radius 2 is 1.90 bits per heavy atom.